The highest BCUT2D eigenvalue weighted by Crippen LogP contribution is 2.17. The van der Waals surface area contributed by atoms with Crippen molar-refractivity contribution in [3.05, 3.63) is 66.0 Å². The number of carbonyl (C=O) groups excluding carboxylic acids is 1. The van der Waals surface area contributed by atoms with Crippen molar-refractivity contribution in [3.63, 3.8) is 0 Å². The number of amides is 1. The number of rotatable bonds is 5. The second-order valence-corrected chi connectivity index (χ2v) is 4.48. The van der Waals surface area contributed by atoms with Crippen LogP contribution in [0, 0.1) is 0 Å². The summed E-state index contributed by atoms with van der Waals surface area (Å²) in [6.45, 7) is 0.0691. The molecule has 0 aliphatic carbocycles. The van der Waals surface area contributed by atoms with Crippen LogP contribution in [-0.2, 0) is 4.79 Å². The van der Waals surface area contributed by atoms with Crippen LogP contribution in [0.1, 0.15) is 17.2 Å². The molecule has 1 amide bonds. The lowest BCUT2D eigenvalue weighted by atomic mass is 10.1. The number of nitrogens with zero attached hydrogens (tertiary/aromatic N) is 1. The zero-order chi connectivity index (χ0) is 15.1. The highest BCUT2D eigenvalue weighted by atomic mass is 16.3. The number of carbonyl (C=O) groups is 1. The van der Waals surface area contributed by atoms with Gasteiger partial charge in [0, 0.05) is 25.0 Å². The van der Waals surface area contributed by atoms with Gasteiger partial charge in [0.1, 0.15) is 5.75 Å². The first-order chi connectivity index (χ1) is 10.1. The average molecular weight is 284 g/mol. The van der Waals surface area contributed by atoms with Gasteiger partial charge in [0.05, 0.1) is 6.10 Å². The fraction of sp³-hybridized carbons (Fsp3) is 0.125. The number of aromatic hydroxyl groups is 1. The minimum atomic E-state index is -0.868. The molecule has 0 bridgehead atoms. The van der Waals surface area contributed by atoms with E-state index < -0.39 is 6.10 Å². The Morgan fingerprint density at radius 3 is 2.90 bits per heavy atom. The molecule has 1 aromatic heterocycles. The predicted octanol–water partition coefficient (Wildman–Crippen LogP) is 1.65. The van der Waals surface area contributed by atoms with E-state index in [9.17, 15) is 15.0 Å². The summed E-state index contributed by atoms with van der Waals surface area (Å²) in [6.07, 6.45) is 5.46. The molecule has 0 radical (unpaired) electrons. The molecule has 1 aromatic carbocycles. The van der Waals surface area contributed by atoms with Gasteiger partial charge in [-0.2, -0.15) is 0 Å². The number of phenolic OH excluding ortho intramolecular Hbond substituents is 1. The van der Waals surface area contributed by atoms with E-state index in [1.807, 2.05) is 6.07 Å². The van der Waals surface area contributed by atoms with Crippen molar-refractivity contribution in [1.82, 2.24) is 10.3 Å². The van der Waals surface area contributed by atoms with E-state index in [1.165, 1.54) is 18.2 Å². The Morgan fingerprint density at radius 1 is 1.33 bits per heavy atom. The van der Waals surface area contributed by atoms with Crippen LogP contribution in [0.15, 0.2) is 54.9 Å². The number of aromatic nitrogens is 1. The third kappa shape index (κ3) is 4.74. The zero-order valence-corrected chi connectivity index (χ0v) is 11.3. The molecule has 0 saturated heterocycles. The van der Waals surface area contributed by atoms with E-state index in [2.05, 4.69) is 10.3 Å². The number of hydrogen-bond donors (Lipinski definition) is 3. The molecule has 108 valence electrons. The summed E-state index contributed by atoms with van der Waals surface area (Å²) in [6, 6.07) is 9.91. The van der Waals surface area contributed by atoms with Gasteiger partial charge in [-0.1, -0.05) is 18.2 Å². The van der Waals surface area contributed by atoms with E-state index in [1.54, 1.807) is 36.7 Å². The Morgan fingerprint density at radius 2 is 2.19 bits per heavy atom. The van der Waals surface area contributed by atoms with E-state index in [-0.39, 0.29) is 18.2 Å². The molecule has 0 saturated carbocycles. The third-order valence-corrected chi connectivity index (χ3v) is 2.84. The smallest absolute Gasteiger partial charge is 0.244 e. The van der Waals surface area contributed by atoms with E-state index in [4.69, 9.17) is 0 Å². The number of aliphatic hydroxyl groups excluding tert-OH is 1. The molecule has 21 heavy (non-hydrogen) atoms. The van der Waals surface area contributed by atoms with Crippen molar-refractivity contribution in [3.8, 4) is 5.75 Å². The molecule has 3 N–H and O–H groups in total. The van der Waals surface area contributed by atoms with E-state index >= 15 is 0 Å². The van der Waals surface area contributed by atoms with Gasteiger partial charge in [-0.3, -0.25) is 9.78 Å². The summed E-state index contributed by atoms with van der Waals surface area (Å²) in [7, 11) is 0. The number of hydrogen-bond acceptors (Lipinski definition) is 4. The summed E-state index contributed by atoms with van der Waals surface area (Å²) in [4.78, 5) is 15.6. The topological polar surface area (TPSA) is 82.5 Å². The van der Waals surface area contributed by atoms with Crippen molar-refractivity contribution < 1.29 is 15.0 Å². The monoisotopic (exact) mass is 284 g/mol. The molecular formula is C16H16N2O3. The molecule has 1 heterocycles. The molecule has 5 nitrogen and oxygen atoms in total. The van der Waals surface area contributed by atoms with Crippen LogP contribution >= 0.6 is 0 Å². The Labute approximate surface area is 122 Å². The van der Waals surface area contributed by atoms with Crippen molar-refractivity contribution in [2.24, 2.45) is 0 Å². The van der Waals surface area contributed by atoms with Gasteiger partial charge in [0.15, 0.2) is 0 Å². The molecule has 2 rings (SSSR count). The Hall–Kier alpha value is -2.66. The van der Waals surface area contributed by atoms with Gasteiger partial charge < -0.3 is 15.5 Å². The minimum Gasteiger partial charge on any atom is -0.508 e. The molecular weight excluding hydrogens is 268 g/mol. The molecule has 2 aromatic rings. The molecule has 0 fully saturated rings. The van der Waals surface area contributed by atoms with Crippen LogP contribution in [0.3, 0.4) is 0 Å². The largest absolute Gasteiger partial charge is 0.508 e. The summed E-state index contributed by atoms with van der Waals surface area (Å²) < 4.78 is 0. The van der Waals surface area contributed by atoms with Crippen LogP contribution < -0.4 is 5.32 Å². The van der Waals surface area contributed by atoms with Crippen LogP contribution in [0.2, 0.25) is 0 Å². The van der Waals surface area contributed by atoms with Crippen molar-refractivity contribution in [2.45, 2.75) is 6.10 Å². The first-order valence-corrected chi connectivity index (χ1v) is 6.48. The maximum atomic E-state index is 11.6. The van der Waals surface area contributed by atoms with Crippen LogP contribution in [-0.4, -0.2) is 27.6 Å². The number of benzene rings is 1. The second kappa shape index (κ2) is 7.21. The quantitative estimate of drug-likeness (QED) is 0.729. The molecule has 0 aliphatic heterocycles. The first kappa shape index (κ1) is 14.7. The fourth-order valence-corrected chi connectivity index (χ4v) is 1.75. The third-order valence-electron chi connectivity index (χ3n) is 2.84. The maximum Gasteiger partial charge on any atom is 0.244 e. The van der Waals surface area contributed by atoms with Gasteiger partial charge in [0.2, 0.25) is 5.91 Å². The summed E-state index contributed by atoms with van der Waals surface area (Å²) in [5.41, 5.74) is 1.37. The minimum absolute atomic E-state index is 0.0691. The lowest BCUT2D eigenvalue weighted by Crippen LogP contribution is -2.26. The van der Waals surface area contributed by atoms with E-state index in [0.29, 0.717) is 5.56 Å². The summed E-state index contributed by atoms with van der Waals surface area (Å²) >= 11 is 0. The van der Waals surface area contributed by atoms with Gasteiger partial charge >= 0.3 is 0 Å². The van der Waals surface area contributed by atoms with Crippen LogP contribution in [0.4, 0.5) is 0 Å². The van der Waals surface area contributed by atoms with Crippen LogP contribution in [0.5, 0.6) is 5.75 Å². The summed E-state index contributed by atoms with van der Waals surface area (Å²) in [5, 5.41) is 21.8. The molecule has 0 aliphatic rings. The lowest BCUT2D eigenvalue weighted by Gasteiger charge is -2.11. The van der Waals surface area contributed by atoms with Crippen molar-refractivity contribution in [1.29, 1.82) is 0 Å². The SMILES string of the molecule is O=C(C=Cc1cccnc1)NCC(O)c1cccc(O)c1. The lowest BCUT2D eigenvalue weighted by molar-refractivity contribution is -0.116. The van der Waals surface area contributed by atoms with Gasteiger partial charge in [-0.15, -0.1) is 0 Å². The van der Waals surface area contributed by atoms with Gasteiger partial charge in [-0.25, -0.2) is 0 Å². The Bertz CT molecular complexity index is 626. The predicted molar refractivity (Wildman–Crippen MR) is 79.3 cm³/mol. The maximum absolute atomic E-state index is 11.6. The van der Waals surface area contributed by atoms with Gasteiger partial charge in [-0.05, 0) is 35.4 Å². The Kier molecular flexibility index (Phi) is 5.06. The summed E-state index contributed by atoms with van der Waals surface area (Å²) in [5.74, 6) is -0.229. The highest BCUT2D eigenvalue weighted by Gasteiger charge is 2.08. The molecule has 5 heteroatoms. The Balaban J connectivity index is 1.85. The van der Waals surface area contributed by atoms with Gasteiger partial charge in [0.25, 0.3) is 0 Å². The first-order valence-electron chi connectivity index (χ1n) is 6.48. The average Bonchev–Trinajstić information content (AvgIpc) is 2.51. The molecule has 0 spiro atoms. The van der Waals surface area contributed by atoms with Crippen molar-refractivity contribution in [2.75, 3.05) is 6.54 Å². The molecule has 1 atom stereocenters. The number of phenols is 1. The van der Waals surface area contributed by atoms with Crippen LogP contribution in [0.25, 0.3) is 6.08 Å². The zero-order valence-electron chi connectivity index (χ0n) is 11.3. The normalized spacial score (nSPS) is 12.2. The molecule has 1 unspecified atom stereocenters. The standard InChI is InChI=1S/C16H16N2O3/c19-14-5-1-4-13(9-14)15(20)11-18-16(21)7-6-12-3-2-8-17-10-12/h1-10,15,19-20H,11H2,(H,18,21). The highest BCUT2D eigenvalue weighted by molar-refractivity contribution is 5.91. The van der Waals surface area contributed by atoms with Crippen molar-refractivity contribution >= 4 is 12.0 Å². The number of aliphatic hydroxyl groups is 1. The number of nitrogens with one attached hydrogen (secondary N) is 1. The van der Waals surface area contributed by atoms with E-state index in [0.717, 1.165) is 5.56 Å². The number of pyridine rings is 1. The second-order valence-electron chi connectivity index (χ2n) is 4.48. The fourth-order valence-electron chi connectivity index (χ4n) is 1.75.